The zero-order valence-electron chi connectivity index (χ0n) is 78.3. The lowest BCUT2D eigenvalue weighted by Crippen LogP contribution is -2.69. The van der Waals surface area contributed by atoms with E-state index >= 15 is 38.4 Å². The van der Waals surface area contributed by atoms with Crippen molar-refractivity contribution in [3.63, 3.8) is 0 Å². The van der Waals surface area contributed by atoms with Crippen LogP contribution in [0.15, 0.2) is 34.8 Å². The Balaban J connectivity index is 0.000000506. The van der Waals surface area contributed by atoms with Gasteiger partial charge in [0, 0.05) is 35.1 Å². The van der Waals surface area contributed by atoms with Crippen molar-refractivity contribution in [2.75, 3.05) is 181 Å². The summed E-state index contributed by atoms with van der Waals surface area (Å²) in [7, 11) is -17.1. The van der Waals surface area contributed by atoms with Gasteiger partial charge in [0.05, 0.1) is 75.6 Å². The van der Waals surface area contributed by atoms with E-state index in [2.05, 4.69) is 103 Å². The van der Waals surface area contributed by atoms with Crippen molar-refractivity contribution < 1.29 is 109 Å². The molecule has 0 atom stereocenters. The number of hydrogen-bond donors (Lipinski definition) is 4. The molecule has 16 amide bonds. The average Bonchev–Trinajstić information content (AvgIpc) is 1.49. The zero-order chi connectivity index (χ0) is 95.6. The predicted octanol–water partition coefficient (Wildman–Crippen LogP) is 6.73. The molecule has 12 saturated heterocycles. The van der Waals surface area contributed by atoms with Crippen LogP contribution in [0.2, 0.25) is 0 Å². The van der Waals surface area contributed by atoms with Crippen molar-refractivity contribution in [3.8, 4) is 11.5 Å². The summed E-state index contributed by atoms with van der Waals surface area (Å²) in [5.41, 5.74) is -4.83. The van der Waals surface area contributed by atoms with Crippen molar-refractivity contribution in [3.05, 3.63) is 45.9 Å². The normalized spacial score (nSPS) is 25.7. The third-order valence-corrected chi connectivity index (χ3v) is 31.8. The predicted molar refractivity (Wildman–Crippen MR) is 477 cm³/mol. The molecule has 13 heterocycles. The van der Waals surface area contributed by atoms with Gasteiger partial charge in [0.1, 0.15) is 63.0 Å². The highest BCUT2D eigenvalue weighted by Crippen LogP contribution is 2.60. The largest absolute Gasteiger partial charge is 0.498 e. The van der Waals surface area contributed by atoms with E-state index in [1.54, 1.807) is 39.8 Å². The molecule has 0 saturated carbocycles. The average molecular weight is 1920 g/mol. The van der Waals surface area contributed by atoms with E-state index < -0.39 is 199 Å². The first-order valence-electron chi connectivity index (χ1n) is 45.8. The molecule has 48 heteroatoms. The van der Waals surface area contributed by atoms with Gasteiger partial charge < -0.3 is 38.5 Å². The fourth-order valence-corrected chi connectivity index (χ4v) is 22.7. The molecule has 15 rings (SSSR count). The number of fused-ring (bicyclic) bond motifs is 2. The number of rotatable bonds is 36. The van der Waals surface area contributed by atoms with Crippen molar-refractivity contribution >= 4 is 88.7 Å². The number of amides is 16. The fourth-order valence-electron chi connectivity index (χ4n) is 20.4. The summed E-state index contributed by atoms with van der Waals surface area (Å²) < 4.78 is 155. The highest BCUT2D eigenvalue weighted by molar-refractivity contribution is 7.86. The van der Waals surface area contributed by atoms with E-state index in [0.29, 0.717) is 33.8 Å². The first-order chi connectivity index (χ1) is 61.3. The van der Waals surface area contributed by atoms with Gasteiger partial charge in [-0.2, -0.15) is 33.7 Å². The van der Waals surface area contributed by atoms with E-state index in [0.717, 1.165) is 0 Å². The summed E-state index contributed by atoms with van der Waals surface area (Å²) in [6.07, 6.45) is -3.60. The number of ether oxygens (including phenoxy) is 4. The van der Waals surface area contributed by atoms with Crippen LogP contribution in [0, 0.1) is 0 Å². The van der Waals surface area contributed by atoms with Crippen LogP contribution in [-0.2, 0) is 63.0 Å². The van der Waals surface area contributed by atoms with Crippen LogP contribution in [0.3, 0.4) is 0 Å². The molecule has 4 N–H and O–H groups in total. The third kappa shape index (κ3) is 19.2. The molecule has 0 unspecified atom stereocenters. The maximum Gasteiger partial charge on any atom is 0.326 e. The second-order valence-corrected chi connectivity index (χ2v) is 41.1. The topological polar surface area (TPSA) is 456 Å². The molecule has 0 bridgehead atoms. The van der Waals surface area contributed by atoms with Crippen molar-refractivity contribution in [1.82, 2.24) is 98.0 Å². The Hall–Kier alpha value is -8.46. The van der Waals surface area contributed by atoms with Crippen LogP contribution in [0.5, 0.6) is 11.5 Å². The summed E-state index contributed by atoms with van der Waals surface area (Å²) in [5.74, 6) is -0.729. The molecule has 0 spiro atoms. The Morgan fingerprint density at radius 3 is 0.700 bits per heavy atom. The molecule has 44 nitrogen and oxygen atoms in total. The van der Waals surface area contributed by atoms with Crippen molar-refractivity contribution in [2.45, 2.75) is 235 Å². The summed E-state index contributed by atoms with van der Waals surface area (Å²) in [5, 5.41) is 0. The maximum atomic E-state index is 15.7. The minimum Gasteiger partial charge on any atom is -0.498 e. The minimum absolute atomic E-state index is 0.0108. The first-order valence-corrected chi connectivity index (χ1v) is 52.2. The Morgan fingerprint density at radius 2 is 0.492 bits per heavy atom. The van der Waals surface area contributed by atoms with Gasteiger partial charge in [0.2, 0.25) is 0 Å². The second-order valence-electron chi connectivity index (χ2n) is 34.8. The van der Waals surface area contributed by atoms with Crippen LogP contribution >= 0.6 is 0 Å². The summed E-state index contributed by atoms with van der Waals surface area (Å²) in [6.45, 7) is 43.1. The first kappa shape index (κ1) is 102. The lowest BCUT2D eigenvalue weighted by atomic mass is 9.93. The van der Waals surface area contributed by atoms with Crippen molar-refractivity contribution in [1.29, 1.82) is 0 Å². The number of hydrogen-bond acceptors (Lipinski definition) is 24. The summed E-state index contributed by atoms with van der Waals surface area (Å²) in [6, 6.07) is -2.32. The Bertz CT molecular complexity index is 4560. The fraction of sp³-hybridized carbons (Fsp3) is 0.780. The van der Waals surface area contributed by atoms with E-state index in [1.165, 1.54) is 157 Å². The Morgan fingerprint density at radius 1 is 0.292 bits per heavy atom. The quantitative estimate of drug-likeness (QED) is 0.0399. The number of urea groups is 8. The second kappa shape index (κ2) is 40.8. The van der Waals surface area contributed by atoms with Crippen LogP contribution < -0.4 is 9.47 Å². The van der Waals surface area contributed by atoms with Gasteiger partial charge in [-0.3, -0.25) is 96.6 Å². The molecule has 12 fully saturated rings. The zero-order valence-corrected chi connectivity index (χ0v) is 81.5. The Kier molecular flexibility index (Phi) is 32.0. The van der Waals surface area contributed by atoms with E-state index in [-0.39, 0.29) is 128 Å². The van der Waals surface area contributed by atoms with Crippen LogP contribution in [0.25, 0.3) is 0 Å². The molecule has 1 aromatic rings. The van der Waals surface area contributed by atoms with E-state index in [4.69, 9.17) is 18.9 Å². The molecule has 14 aliphatic rings. The van der Waals surface area contributed by atoms with Gasteiger partial charge in [-0.25, -0.2) is 38.4 Å². The van der Waals surface area contributed by atoms with Gasteiger partial charge in [-0.1, -0.05) is 83.1 Å². The van der Waals surface area contributed by atoms with Crippen LogP contribution in [0.1, 0.15) is 186 Å². The van der Waals surface area contributed by atoms with Gasteiger partial charge in [0.15, 0.2) is 47.3 Å². The third-order valence-electron chi connectivity index (χ3n) is 28.5. The SMILES string of the molecule is CC12N3CC4=C(OCCCCS(=O)(=O)O)CCC(OCCCCS(=O)(=O)O)=C4CN1C(=O)N1CN4C(=O)N5CN6C(=O)N7CN8C(=O)N9Cc%10c(OCCCCS(=O)(=O)O)ccc(OCCCCS(=O)(=O)O)c%10CN%10C(=O)N(CN%11C(=O)N(CN%12C(=O)N(CN(C3=O)C12C)C4C%125)C6C%117)C8(C)C%109C.CCN(CC)CC.CCN(CC)CC.CCN(CC)CC.CCN(CC)CC. The number of unbranched alkanes of at least 4 members (excludes halogenated alkanes) is 4. The van der Waals surface area contributed by atoms with Gasteiger partial charge in [0.25, 0.3) is 40.5 Å². The monoisotopic (exact) mass is 1910 g/mol. The van der Waals surface area contributed by atoms with E-state index in [1.807, 2.05) is 0 Å². The smallest absolute Gasteiger partial charge is 0.326 e. The molecule has 130 heavy (non-hydrogen) atoms. The highest BCUT2D eigenvalue weighted by atomic mass is 32.2. The standard InChI is InChI=1S/C58H78N16O24S4.4C6H15N/c1-55-57(3)71-31-63-45-43-59(47(63)75)29-61-44-46-65(49(61)77)33-73-53(81)69-27-37-38(42(98-20-8-12-24-102(92,93)94)16-15-41(37)97-19-7-11-23-101(89,90)91)28-70-54(82)74(58(73,4)56(69,70)2)34-66(46)50(78)62(44)30-60(43)48(76)64(45)32-72(57)52(80)68(55)26-36-35(25-67(55)51(71)79)39(95-17-5-9-21-99(83,84)85)13-14-40(36)96-18-6-10-22-100(86,87)88;4*1-4-7(5-2)6-3/h13-14,43-46H,5-12,15-34H2,1-4H3,(H,83,84,85)(H,86,87,88)(H,89,90,91)(H,92,93,94);4*4-6H2,1-3H3. The molecular formula is C82H138N20O24S4. The molecule has 734 valence electrons. The van der Waals surface area contributed by atoms with Crippen LogP contribution in [0.4, 0.5) is 38.4 Å². The summed E-state index contributed by atoms with van der Waals surface area (Å²) in [4.78, 5) is 157. The van der Waals surface area contributed by atoms with Gasteiger partial charge in [-0.15, -0.1) is 0 Å². The number of carbonyl (C=O) groups is 8. The molecule has 13 aliphatic heterocycles. The van der Waals surface area contributed by atoms with Gasteiger partial charge in [-0.05, 0) is 170 Å². The summed E-state index contributed by atoms with van der Waals surface area (Å²) >= 11 is 0. The molecule has 0 aromatic heterocycles. The number of carbonyl (C=O) groups excluding carboxylic acids is 8. The lowest BCUT2D eigenvalue weighted by Gasteiger charge is -2.49. The van der Waals surface area contributed by atoms with E-state index in [9.17, 15) is 51.9 Å². The molecule has 1 aliphatic carbocycles. The number of benzene rings is 1. The van der Waals surface area contributed by atoms with Crippen molar-refractivity contribution in [2.24, 2.45) is 0 Å². The minimum atomic E-state index is -4.28. The Labute approximate surface area is 765 Å². The number of allylic oxidation sites excluding steroid dienone is 2. The van der Waals surface area contributed by atoms with Crippen LogP contribution in [-0.4, -0.2) is 427 Å². The molecular weight excluding hydrogens is 1780 g/mol. The number of nitrogens with zero attached hydrogens (tertiary/aromatic N) is 20. The molecule has 0 radical (unpaired) electrons. The maximum absolute atomic E-state index is 15.7. The highest BCUT2D eigenvalue weighted by Gasteiger charge is 2.81. The lowest BCUT2D eigenvalue weighted by molar-refractivity contribution is -0.0867. The molecule has 1 aromatic carbocycles. The van der Waals surface area contributed by atoms with Gasteiger partial charge >= 0.3 is 48.2 Å².